The Morgan fingerprint density at radius 3 is 2.67 bits per heavy atom. The molecule has 0 bridgehead atoms. The minimum absolute atomic E-state index is 0.0834. The Morgan fingerprint density at radius 1 is 1.43 bits per heavy atom. The number of halogens is 1. The van der Waals surface area contributed by atoms with Gasteiger partial charge in [-0.3, -0.25) is 4.79 Å². The van der Waals surface area contributed by atoms with Crippen LogP contribution in [0.25, 0.3) is 0 Å². The van der Waals surface area contributed by atoms with Gasteiger partial charge in [0.15, 0.2) is 0 Å². The van der Waals surface area contributed by atoms with Crippen LogP contribution in [0.5, 0.6) is 0 Å². The Kier molecular flexibility index (Phi) is 6.68. The number of alkyl halides is 1. The van der Waals surface area contributed by atoms with Gasteiger partial charge in [-0.15, -0.1) is 11.6 Å². The fourth-order valence-electron chi connectivity index (χ4n) is 5.46. The monoisotopic (exact) mass is 442 g/mol. The molecule has 1 saturated heterocycles. The lowest BCUT2D eigenvalue weighted by Crippen LogP contribution is -2.52. The van der Waals surface area contributed by atoms with E-state index in [1.54, 1.807) is 0 Å². The first-order valence-electron chi connectivity index (χ1n) is 10.4. The van der Waals surface area contributed by atoms with E-state index in [-0.39, 0.29) is 36.1 Å². The summed E-state index contributed by atoms with van der Waals surface area (Å²) < 4.78 is 11.5. The van der Waals surface area contributed by atoms with Crippen LogP contribution in [0, 0.1) is 29.6 Å². The lowest BCUT2D eigenvalue weighted by molar-refractivity contribution is -0.155. The van der Waals surface area contributed by atoms with E-state index in [1.807, 2.05) is 13.8 Å². The van der Waals surface area contributed by atoms with Crippen LogP contribution in [-0.4, -0.2) is 63.7 Å². The Bertz CT molecular complexity index is 735. The molecule has 0 aromatic carbocycles. The van der Waals surface area contributed by atoms with Crippen LogP contribution in [0.15, 0.2) is 24.3 Å². The minimum Gasteiger partial charge on any atom is -0.461 e. The second-order valence-corrected chi connectivity index (χ2v) is 9.56. The second kappa shape index (κ2) is 8.61. The number of carbonyl (C=O) groups is 2. The second-order valence-electron chi connectivity index (χ2n) is 9.29. The van der Waals surface area contributed by atoms with E-state index < -0.39 is 60.2 Å². The van der Waals surface area contributed by atoms with E-state index in [9.17, 15) is 24.9 Å². The molecule has 1 aliphatic heterocycles. The zero-order chi connectivity index (χ0) is 22.4. The molecular weight excluding hydrogens is 412 g/mol. The quantitative estimate of drug-likeness (QED) is 0.247. The number of hydrogen-bond acceptors (Lipinski definition) is 7. The Hall–Kier alpha value is -1.41. The highest BCUT2D eigenvalue weighted by molar-refractivity contribution is 6.18. The van der Waals surface area contributed by atoms with Crippen LogP contribution in [0.1, 0.15) is 33.1 Å². The number of rotatable bonds is 6. The van der Waals surface area contributed by atoms with Gasteiger partial charge in [0.2, 0.25) is 0 Å². The predicted octanol–water partition coefficient (Wildman–Crippen LogP) is 1.58. The molecule has 0 spiro atoms. The number of hydrogen-bond donors (Lipinski definition) is 3. The first kappa shape index (κ1) is 23.3. The lowest BCUT2D eigenvalue weighted by atomic mass is 9.73. The molecule has 168 valence electrons. The van der Waals surface area contributed by atoms with Crippen molar-refractivity contribution < 1.29 is 34.4 Å². The molecule has 8 atom stereocenters. The Balaban J connectivity index is 2.04. The molecule has 3 N–H and O–H groups in total. The summed E-state index contributed by atoms with van der Waals surface area (Å²) in [5.41, 5.74) is -1.01. The number of aliphatic hydroxyl groups is 3. The third-order valence-electron chi connectivity index (χ3n) is 6.91. The van der Waals surface area contributed by atoms with Gasteiger partial charge in [-0.25, -0.2) is 4.79 Å². The first-order chi connectivity index (χ1) is 14.0. The van der Waals surface area contributed by atoms with Crippen LogP contribution in [-0.2, 0) is 19.1 Å². The van der Waals surface area contributed by atoms with Gasteiger partial charge in [-0.1, -0.05) is 32.6 Å². The van der Waals surface area contributed by atoms with Crippen molar-refractivity contribution in [2.24, 2.45) is 29.6 Å². The van der Waals surface area contributed by atoms with E-state index in [0.29, 0.717) is 12.0 Å². The van der Waals surface area contributed by atoms with Gasteiger partial charge in [0.25, 0.3) is 0 Å². The maximum atomic E-state index is 12.8. The number of fused-ring (bicyclic) bond motifs is 3. The van der Waals surface area contributed by atoms with Crippen molar-refractivity contribution in [2.75, 3.05) is 12.5 Å². The highest BCUT2D eigenvalue weighted by atomic mass is 35.5. The summed E-state index contributed by atoms with van der Waals surface area (Å²) in [7, 11) is 0. The summed E-state index contributed by atoms with van der Waals surface area (Å²) in [4.78, 5) is 25.2. The van der Waals surface area contributed by atoms with E-state index in [0.717, 1.165) is 0 Å². The SMILES string of the molecule is C=C(CO)C(=O)O[C@H]1CC(=C)[C@@H]2C[C@H](O)[C@](O)(CCl)[C@@H]2[C@H]2OC(=O)[C@@H](CC(C)C)[C@@H]21. The van der Waals surface area contributed by atoms with Gasteiger partial charge in [0.1, 0.15) is 17.8 Å². The van der Waals surface area contributed by atoms with Crippen LogP contribution < -0.4 is 0 Å². The summed E-state index contributed by atoms with van der Waals surface area (Å²) in [6.07, 6.45) is -1.53. The third-order valence-corrected chi connectivity index (χ3v) is 7.34. The van der Waals surface area contributed by atoms with Crippen molar-refractivity contribution in [1.82, 2.24) is 0 Å². The average Bonchev–Trinajstić information content (AvgIpc) is 3.10. The topological polar surface area (TPSA) is 113 Å². The molecule has 1 heterocycles. The summed E-state index contributed by atoms with van der Waals surface area (Å²) in [6, 6.07) is 0. The maximum Gasteiger partial charge on any atom is 0.336 e. The highest BCUT2D eigenvalue weighted by Crippen LogP contribution is 2.56. The van der Waals surface area contributed by atoms with Crippen LogP contribution >= 0.6 is 11.6 Å². The van der Waals surface area contributed by atoms with E-state index in [4.69, 9.17) is 21.1 Å². The molecule has 0 amide bonds. The molecule has 0 radical (unpaired) electrons. The summed E-state index contributed by atoms with van der Waals surface area (Å²) in [5.74, 6) is -3.19. The van der Waals surface area contributed by atoms with Crippen LogP contribution in [0.4, 0.5) is 0 Å². The molecule has 2 saturated carbocycles. The highest BCUT2D eigenvalue weighted by Gasteiger charge is 2.65. The lowest BCUT2D eigenvalue weighted by Gasteiger charge is -2.37. The normalized spacial score (nSPS) is 40.6. The molecule has 3 aliphatic rings. The average molecular weight is 443 g/mol. The van der Waals surface area contributed by atoms with Crippen molar-refractivity contribution in [1.29, 1.82) is 0 Å². The largest absolute Gasteiger partial charge is 0.461 e. The summed E-state index contributed by atoms with van der Waals surface area (Å²) in [5, 5.41) is 31.0. The summed E-state index contributed by atoms with van der Waals surface area (Å²) in [6.45, 7) is 11.1. The van der Waals surface area contributed by atoms with Crippen molar-refractivity contribution in [3.05, 3.63) is 24.3 Å². The maximum absolute atomic E-state index is 12.8. The number of ether oxygens (including phenoxy) is 2. The Labute approximate surface area is 181 Å². The van der Waals surface area contributed by atoms with Gasteiger partial charge in [-0.05, 0) is 24.7 Å². The Morgan fingerprint density at radius 2 is 2.10 bits per heavy atom. The standard InChI is InChI=1S/C22H31ClO7/c1-10(2)5-14-17-15(29-20(26)12(4)8-24)6-11(3)13-7-16(25)22(28,9-23)18(13)19(17)30-21(14)27/h10,13-19,24-25,28H,3-9H2,1-2H3/t13-,14-,15-,16-,17+,18-,19-,22+/m0/s1. The zero-order valence-electron chi connectivity index (χ0n) is 17.4. The fraction of sp³-hybridized carbons (Fsp3) is 0.727. The zero-order valence-corrected chi connectivity index (χ0v) is 18.2. The summed E-state index contributed by atoms with van der Waals surface area (Å²) >= 11 is 6.09. The van der Waals surface area contributed by atoms with Gasteiger partial charge in [0.05, 0.1) is 30.1 Å². The first-order valence-corrected chi connectivity index (χ1v) is 10.9. The molecule has 7 nitrogen and oxygen atoms in total. The molecule has 0 unspecified atom stereocenters. The van der Waals surface area contributed by atoms with Crippen molar-refractivity contribution >= 4 is 23.5 Å². The van der Waals surface area contributed by atoms with Crippen LogP contribution in [0.3, 0.4) is 0 Å². The number of aliphatic hydroxyl groups excluding tert-OH is 2. The smallest absolute Gasteiger partial charge is 0.336 e. The molecule has 0 aromatic rings. The molecule has 3 rings (SSSR count). The van der Waals surface area contributed by atoms with Crippen LogP contribution in [0.2, 0.25) is 0 Å². The molecule has 2 aliphatic carbocycles. The fourth-order valence-corrected chi connectivity index (χ4v) is 5.81. The van der Waals surface area contributed by atoms with E-state index in [2.05, 4.69) is 13.2 Å². The molecule has 3 fully saturated rings. The van der Waals surface area contributed by atoms with Crippen molar-refractivity contribution in [3.8, 4) is 0 Å². The van der Waals surface area contributed by atoms with Crippen molar-refractivity contribution in [3.63, 3.8) is 0 Å². The van der Waals surface area contributed by atoms with Gasteiger partial charge in [0, 0.05) is 18.3 Å². The number of esters is 2. The molecule has 30 heavy (non-hydrogen) atoms. The van der Waals surface area contributed by atoms with Crippen molar-refractivity contribution in [2.45, 2.75) is 57.0 Å². The van der Waals surface area contributed by atoms with Gasteiger partial charge >= 0.3 is 11.9 Å². The minimum atomic E-state index is -1.64. The van der Waals surface area contributed by atoms with Gasteiger partial charge < -0.3 is 24.8 Å². The molecule has 0 aromatic heterocycles. The van der Waals surface area contributed by atoms with Gasteiger partial charge in [-0.2, -0.15) is 0 Å². The number of carbonyl (C=O) groups excluding carboxylic acids is 2. The van der Waals surface area contributed by atoms with E-state index in [1.165, 1.54) is 0 Å². The predicted molar refractivity (Wildman–Crippen MR) is 109 cm³/mol. The third kappa shape index (κ3) is 3.81. The molecular formula is C22H31ClO7. The van der Waals surface area contributed by atoms with E-state index >= 15 is 0 Å². The molecule has 8 heteroatoms.